The van der Waals surface area contributed by atoms with Crippen molar-refractivity contribution in [3.05, 3.63) is 126 Å². The second-order valence-electron chi connectivity index (χ2n) is 12.4. The molecule has 0 heterocycles. The van der Waals surface area contributed by atoms with Gasteiger partial charge in [-0.05, 0) is 74.7 Å². The monoisotopic (exact) mass is 685 g/mol. The smallest absolute Gasteiger partial charge is 0.264 e. The largest absolute Gasteiger partial charge is 0.494 e. The van der Waals surface area contributed by atoms with Crippen LogP contribution in [-0.4, -0.2) is 50.4 Å². The fraction of sp³-hybridized carbons (Fsp3) is 0.333. The van der Waals surface area contributed by atoms with Crippen molar-refractivity contribution in [3.63, 3.8) is 0 Å². The average molecular weight is 686 g/mol. The van der Waals surface area contributed by atoms with E-state index in [0.717, 1.165) is 47.5 Å². The lowest BCUT2D eigenvalue weighted by molar-refractivity contribution is -0.140. The minimum Gasteiger partial charge on any atom is -0.494 e. The van der Waals surface area contributed by atoms with Crippen LogP contribution in [0.15, 0.2) is 108 Å². The van der Waals surface area contributed by atoms with Gasteiger partial charge in [0.15, 0.2) is 0 Å². The number of anilines is 1. The summed E-state index contributed by atoms with van der Waals surface area (Å²) in [5, 5.41) is 3.17. The van der Waals surface area contributed by atoms with E-state index in [-0.39, 0.29) is 41.1 Å². The summed E-state index contributed by atoms with van der Waals surface area (Å²) in [5.41, 5.74) is 2.16. The van der Waals surface area contributed by atoms with Gasteiger partial charge < -0.3 is 15.0 Å². The van der Waals surface area contributed by atoms with Crippen LogP contribution in [0.25, 0.3) is 0 Å². The van der Waals surface area contributed by atoms with Crippen molar-refractivity contribution < 1.29 is 27.1 Å². The fourth-order valence-corrected chi connectivity index (χ4v) is 7.56. The first-order valence-corrected chi connectivity index (χ1v) is 18.3. The Bertz CT molecular complexity index is 1790. The maximum atomic E-state index is 15.2. The fourth-order valence-electron chi connectivity index (χ4n) is 6.15. The second kappa shape index (κ2) is 16.6. The third-order valence-electron chi connectivity index (χ3n) is 8.84. The maximum Gasteiger partial charge on any atom is 0.264 e. The van der Waals surface area contributed by atoms with Gasteiger partial charge >= 0.3 is 0 Å². The van der Waals surface area contributed by atoms with Crippen molar-refractivity contribution in [2.75, 3.05) is 17.5 Å². The highest BCUT2D eigenvalue weighted by molar-refractivity contribution is 7.92. The number of hydrogen-bond donors (Lipinski definition) is 1. The number of nitrogens with zero attached hydrogens (tertiary/aromatic N) is 2. The Kier molecular flexibility index (Phi) is 12.1. The SMILES string of the molecule is CCOc1ccc(N(CC(=O)N(Cc2ccccc2F)[C@H](Cc2ccccc2)C(=O)NC2CCCCC2)S(=O)(=O)c2ccc(C)cc2)cc1. The van der Waals surface area contributed by atoms with E-state index in [0.29, 0.717) is 12.4 Å². The molecule has 0 aliphatic heterocycles. The van der Waals surface area contributed by atoms with Crippen molar-refractivity contribution in [2.24, 2.45) is 0 Å². The Labute approximate surface area is 289 Å². The highest BCUT2D eigenvalue weighted by Crippen LogP contribution is 2.28. The third kappa shape index (κ3) is 9.26. The van der Waals surface area contributed by atoms with Gasteiger partial charge in [-0.25, -0.2) is 12.8 Å². The van der Waals surface area contributed by atoms with Crippen LogP contribution in [0.4, 0.5) is 10.1 Å². The van der Waals surface area contributed by atoms with E-state index in [1.807, 2.05) is 44.2 Å². The van der Waals surface area contributed by atoms with E-state index >= 15 is 4.39 Å². The molecule has 1 aliphatic rings. The minimum atomic E-state index is -4.26. The Morgan fingerprint density at radius 3 is 2.18 bits per heavy atom. The van der Waals surface area contributed by atoms with Gasteiger partial charge in [-0.3, -0.25) is 13.9 Å². The molecule has 8 nitrogen and oxygen atoms in total. The number of nitrogens with one attached hydrogen (secondary N) is 1. The predicted molar refractivity (Wildman–Crippen MR) is 189 cm³/mol. The number of halogens is 1. The molecular weight excluding hydrogens is 642 g/mol. The Hall–Kier alpha value is -4.70. The Morgan fingerprint density at radius 2 is 1.53 bits per heavy atom. The van der Waals surface area contributed by atoms with Gasteiger partial charge in [0, 0.05) is 24.6 Å². The molecule has 4 aromatic carbocycles. The van der Waals surface area contributed by atoms with Crippen molar-refractivity contribution >= 4 is 27.5 Å². The molecule has 1 saturated carbocycles. The standard InChI is InChI=1S/C39H44FN3O5S/c1-3-48-34-22-20-33(21-23-34)43(49(46,47)35-24-18-29(2)19-25-35)28-38(44)42(27-31-14-10-11-17-36(31)40)37(26-30-12-6-4-7-13-30)39(45)41-32-15-8-5-9-16-32/h4,6-7,10-14,17-25,32,37H,3,5,8-9,15-16,26-28H2,1-2H3,(H,41,45)/t37-/m1/s1. The molecule has 49 heavy (non-hydrogen) atoms. The van der Waals surface area contributed by atoms with Crippen molar-refractivity contribution in [3.8, 4) is 5.75 Å². The summed E-state index contributed by atoms with van der Waals surface area (Å²) in [6.45, 7) is 3.28. The molecule has 1 aliphatic carbocycles. The molecular formula is C39H44FN3O5S. The van der Waals surface area contributed by atoms with Gasteiger partial charge in [-0.1, -0.05) is 85.5 Å². The first kappa shape index (κ1) is 35.6. The number of amides is 2. The quantitative estimate of drug-likeness (QED) is 0.157. The van der Waals surface area contributed by atoms with E-state index in [1.54, 1.807) is 54.6 Å². The first-order chi connectivity index (χ1) is 23.7. The zero-order valence-corrected chi connectivity index (χ0v) is 28.9. The van der Waals surface area contributed by atoms with Gasteiger partial charge in [0.05, 0.1) is 17.2 Å². The molecule has 0 bridgehead atoms. The van der Waals surface area contributed by atoms with Gasteiger partial charge in [-0.15, -0.1) is 0 Å². The maximum absolute atomic E-state index is 15.2. The van der Waals surface area contributed by atoms with Gasteiger partial charge in [0.2, 0.25) is 11.8 Å². The molecule has 1 atom stereocenters. The van der Waals surface area contributed by atoms with E-state index in [1.165, 1.54) is 23.1 Å². The summed E-state index contributed by atoms with van der Waals surface area (Å²) in [6, 6.07) is 27.2. The van der Waals surface area contributed by atoms with Crippen LogP contribution in [0.2, 0.25) is 0 Å². The van der Waals surface area contributed by atoms with Crippen LogP contribution in [0.5, 0.6) is 5.75 Å². The van der Waals surface area contributed by atoms with Crippen LogP contribution in [0.1, 0.15) is 55.7 Å². The predicted octanol–water partition coefficient (Wildman–Crippen LogP) is 6.82. The minimum absolute atomic E-state index is 0.0105. The average Bonchev–Trinajstić information content (AvgIpc) is 3.11. The van der Waals surface area contributed by atoms with Crippen LogP contribution in [0.3, 0.4) is 0 Å². The van der Waals surface area contributed by atoms with Crippen molar-refractivity contribution in [2.45, 2.75) is 75.9 Å². The van der Waals surface area contributed by atoms with E-state index in [4.69, 9.17) is 4.74 Å². The number of carbonyl (C=O) groups excluding carboxylic acids is 2. The number of sulfonamides is 1. The molecule has 1 N–H and O–H groups in total. The summed E-state index contributed by atoms with van der Waals surface area (Å²) >= 11 is 0. The topological polar surface area (TPSA) is 96.0 Å². The molecule has 10 heteroatoms. The van der Waals surface area contributed by atoms with E-state index in [2.05, 4.69) is 5.32 Å². The Morgan fingerprint density at radius 1 is 0.878 bits per heavy atom. The lowest BCUT2D eigenvalue weighted by Crippen LogP contribution is -2.55. The normalized spacial score (nSPS) is 14.1. The molecule has 258 valence electrons. The van der Waals surface area contributed by atoms with E-state index < -0.39 is 34.3 Å². The van der Waals surface area contributed by atoms with Crippen molar-refractivity contribution in [1.29, 1.82) is 0 Å². The second-order valence-corrected chi connectivity index (χ2v) is 14.3. The summed E-state index contributed by atoms with van der Waals surface area (Å²) in [7, 11) is -4.26. The van der Waals surface area contributed by atoms with Gasteiger partial charge in [0.25, 0.3) is 10.0 Å². The number of ether oxygens (including phenoxy) is 1. The number of carbonyl (C=O) groups is 2. The third-order valence-corrected chi connectivity index (χ3v) is 10.6. The zero-order valence-electron chi connectivity index (χ0n) is 28.1. The Balaban J connectivity index is 1.57. The number of aryl methyl sites for hydroxylation is 1. The summed E-state index contributed by atoms with van der Waals surface area (Å²) in [4.78, 5) is 30.2. The molecule has 0 radical (unpaired) electrons. The van der Waals surface area contributed by atoms with Crippen LogP contribution in [-0.2, 0) is 32.6 Å². The van der Waals surface area contributed by atoms with Gasteiger partial charge in [0.1, 0.15) is 24.2 Å². The highest BCUT2D eigenvalue weighted by atomic mass is 32.2. The van der Waals surface area contributed by atoms with E-state index in [9.17, 15) is 18.0 Å². The molecule has 2 amide bonds. The molecule has 0 aromatic heterocycles. The highest BCUT2D eigenvalue weighted by Gasteiger charge is 2.35. The molecule has 0 unspecified atom stereocenters. The summed E-state index contributed by atoms with van der Waals surface area (Å²) in [5.74, 6) is -0.974. The molecule has 0 spiro atoms. The van der Waals surface area contributed by atoms with Crippen LogP contribution in [0, 0.1) is 12.7 Å². The molecule has 1 fully saturated rings. The summed E-state index contributed by atoms with van der Waals surface area (Å²) in [6.07, 6.45) is 4.94. The lowest BCUT2D eigenvalue weighted by atomic mass is 9.94. The number of hydrogen-bond acceptors (Lipinski definition) is 5. The van der Waals surface area contributed by atoms with Crippen molar-refractivity contribution in [1.82, 2.24) is 10.2 Å². The number of rotatable bonds is 14. The molecule has 5 rings (SSSR count). The zero-order chi connectivity index (χ0) is 34.8. The molecule has 4 aromatic rings. The van der Waals surface area contributed by atoms with Crippen LogP contribution >= 0.6 is 0 Å². The summed E-state index contributed by atoms with van der Waals surface area (Å²) < 4.78 is 50.3. The van der Waals surface area contributed by atoms with Crippen LogP contribution < -0.4 is 14.4 Å². The van der Waals surface area contributed by atoms with Gasteiger partial charge in [-0.2, -0.15) is 0 Å². The number of benzene rings is 4. The molecule has 0 saturated heterocycles. The first-order valence-electron chi connectivity index (χ1n) is 16.8. The lowest BCUT2D eigenvalue weighted by Gasteiger charge is -2.35.